The van der Waals surface area contributed by atoms with Crippen LogP contribution in [0.3, 0.4) is 0 Å². The third kappa shape index (κ3) is 2.79. The van der Waals surface area contributed by atoms with Crippen molar-refractivity contribution in [2.75, 3.05) is 11.9 Å². The zero-order valence-corrected chi connectivity index (χ0v) is 12.3. The molecule has 2 aromatic carbocycles. The SMILES string of the molecule is Cn1c(NCCc2ccccc2)nc2cc(C(=O)O)ccc21. The highest BCUT2D eigenvalue weighted by Gasteiger charge is 2.10. The second-order valence-electron chi connectivity index (χ2n) is 5.17. The number of carbonyl (C=O) groups is 1. The summed E-state index contributed by atoms with van der Waals surface area (Å²) in [7, 11) is 1.92. The molecular weight excluding hydrogens is 278 g/mol. The first-order valence-electron chi connectivity index (χ1n) is 7.13. The standard InChI is InChI=1S/C17H17N3O2/c1-20-15-8-7-13(16(21)22)11-14(15)19-17(20)18-10-9-12-5-3-2-4-6-12/h2-8,11H,9-10H2,1H3,(H,18,19)(H,21,22). The maximum Gasteiger partial charge on any atom is 0.335 e. The summed E-state index contributed by atoms with van der Waals surface area (Å²) in [6.07, 6.45) is 0.907. The number of carboxylic acids is 1. The van der Waals surface area contributed by atoms with Crippen molar-refractivity contribution in [3.63, 3.8) is 0 Å². The molecule has 0 radical (unpaired) electrons. The number of benzene rings is 2. The molecule has 0 saturated carbocycles. The van der Waals surface area contributed by atoms with Crippen LogP contribution < -0.4 is 5.32 Å². The number of nitrogens with one attached hydrogen (secondary N) is 1. The first kappa shape index (κ1) is 14.1. The van der Waals surface area contributed by atoms with Gasteiger partial charge in [0.25, 0.3) is 0 Å². The van der Waals surface area contributed by atoms with Crippen molar-refractivity contribution < 1.29 is 9.90 Å². The molecule has 112 valence electrons. The molecule has 1 aromatic heterocycles. The van der Waals surface area contributed by atoms with E-state index in [0.29, 0.717) is 5.52 Å². The van der Waals surface area contributed by atoms with Crippen LogP contribution in [0.5, 0.6) is 0 Å². The average Bonchev–Trinajstić information content (AvgIpc) is 2.84. The molecule has 0 saturated heterocycles. The smallest absolute Gasteiger partial charge is 0.335 e. The minimum absolute atomic E-state index is 0.251. The molecule has 22 heavy (non-hydrogen) atoms. The molecule has 0 unspecified atom stereocenters. The third-order valence-electron chi connectivity index (χ3n) is 3.67. The molecule has 3 rings (SSSR count). The Balaban J connectivity index is 1.76. The Bertz CT molecular complexity index is 809. The van der Waals surface area contributed by atoms with Crippen molar-refractivity contribution in [1.29, 1.82) is 0 Å². The Labute approximate surface area is 128 Å². The summed E-state index contributed by atoms with van der Waals surface area (Å²) < 4.78 is 1.94. The van der Waals surface area contributed by atoms with Crippen molar-refractivity contribution in [2.24, 2.45) is 7.05 Å². The number of aryl methyl sites for hydroxylation is 1. The van der Waals surface area contributed by atoms with Gasteiger partial charge in [-0.1, -0.05) is 30.3 Å². The molecule has 3 aromatic rings. The number of rotatable bonds is 5. The van der Waals surface area contributed by atoms with Crippen LogP contribution in [-0.4, -0.2) is 27.2 Å². The van der Waals surface area contributed by atoms with Gasteiger partial charge in [0, 0.05) is 13.6 Å². The second kappa shape index (κ2) is 5.89. The number of anilines is 1. The zero-order valence-electron chi connectivity index (χ0n) is 12.3. The average molecular weight is 295 g/mol. The van der Waals surface area contributed by atoms with Gasteiger partial charge >= 0.3 is 5.97 Å². The molecule has 5 nitrogen and oxygen atoms in total. The van der Waals surface area contributed by atoms with E-state index in [1.807, 2.05) is 29.8 Å². The Kier molecular flexibility index (Phi) is 3.78. The van der Waals surface area contributed by atoms with Crippen LogP contribution in [0.2, 0.25) is 0 Å². The van der Waals surface area contributed by atoms with E-state index in [2.05, 4.69) is 22.4 Å². The van der Waals surface area contributed by atoms with Gasteiger partial charge in [-0.25, -0.2) is 9.78 Å². The highest BCUT2D eigenvalue weighted by molar-refractivity contribution is 5.93. The van der Waals surface area contributed by atoms with Gasteiger partial charge < -0.3 is 15.0 Å². The number of imidazole rings is 1. The Morgan fingerprint density at radius 3 is 2.73 bits per heavy atom. The number of nitrogens with zero attached hydrogens (tertiary/aromatic N) is 2. The fourth-order valence-electron chi connectivity index (χ4n) is 2.45. The van der Waals surface area contributed by atoms with E-state index in [4.69, 9.17) is 5.11 Å². The van der Waals surface area contributed by atoms with Crippen molar-refractivity contribution in [3.8, 4) is 0 Å². The second-order valence-corrected chi connectivity index (χ2v) is 5.17. The van der Waals surface area contributed by atoms with Crippen molar-refractivity contribution in [3.05, 3.63) is 59.7 Å². The summed E-state index contributed by atoms with van der Waals surface area (Å²) in [5.41, 5.74) is 3.11. The number of hydrogen-bond acceptors (Lipinski definition) is 3. The van der Waals surface area contributed by atoms with E-state index in [-0.39, 0.29) is 5.56 Å². The lowest BCUT2D eigenvalue weighted by atomic mass is 10.1. The van der Waals surface area contributed by atoms with E-state index in [1.165, 1.54) is 5.56 Å². The number of aromatic nitrogens is 2. The summed E-state index contributed by atoms with van der Waals surface area (Å²) >= 11 is 0. The first-order chi connectivity index (χ1) is 10.6. The monoisotopic (exact) mass is 295 g/mol. The number of hydrogen-bond donors (Lipinski definition) is 2. The predicted octanol–water partition coefficient (Wildman–Crippen LogP) is 2.93. The minimum atomic E-state index is -0.939. The molecule has 0 aliphatic carbocycles. The van der Waals surface area contributed by atoms with E-state index in [0.717, 1.165) is 24.4 Å². The van der Waals surface area contributed by atoms with Crippen LogP contribution in [-0.2, 0) is 13.5 Å². The molecule has 0 spiro atoms. The Morgan fingerprint density at radius 1 is 1.23 bits per heavy atom. The van der Waals surface area contributed by atoms with E-state index in [9.17, 15) is 4.79 Å². The molecule has 2 N–H and O–H groups in total. The largest absolute Gasteiger partial charge is 0.478 e. The topological polar surface area (TPSA) is 67.2 Å². The maximum atomic E-state index is 11.0. The lowest BCUT2D eigenvalue weighted by Gasteiger charge is -2.06. The fourth-order valence-corrected chi connectivity index (χ4v) is 2.45. The minimum Gasteiger partial charge on any atom is -0.478 e. The molecule has 0 aliphatic rings. The van der Waals surface area contributed by atoms with Crippen molar-refractivity contribution >= 4 is 23.0 Å². The molecule has 0 atom stereocenters. The van der Waals surface area contributed by atoms with Gasteiger partial charge in [0.1, 0.15) is 0 Å². The van der Waals surface area contributed by atoms with Crippen LogP contribution in [0, 0.1) is 0 Å². The van der Waals surface area contributed by atoms with Crippen molar-refractivity contribution in [2.45, 2.75) is 6.42 Å². The number of carboxylic acid groups (broad SMARTS) is 1. The molecule has 0 aliphatic heterocycles. The van der Waals surface area contributed by atoms with Gasteiger partial charge in [0.05, 0.1) is 16.6 Å². The summed E-state index contributed by atoms with van der Waals surface area (Å²) in [6.45, 7) is 0.771. The van der Waals surface area contributed by atoms with Crippen LogP contribution in [0.25, 0.3) is 11.0 Å². The summed E-state index contributed by atoms with van der Waals surface area (Å²) in [4.78, 5) is 15.5. The van der Waals surface area contributed by atoms with Gasteiger partial charge in [0.2, 0.25) is 5.95 Å². The van der Waals surface area contributed by atoms with Crippen LogP contribution in [0.15, 0.2) is 48.5 Å². The molecule has 0 fully saturated rings. The Hall–Kier alpha value is -2.82. The van der Waals surface area contributed by atoms with Crippen molar-refractivity contribution in [1.82, 2.24) is 9.55 Å². The van der Waals surface area contributed by atoms with E-state index in [1.54, 1.807) is 18.2 Å². The Morgan fingerprint density at radius 2 is 2.00 bits per heavy atom. The first-order valence-corrected chi connectivity index (χ1v) is 7.13. The summed E-state index contributed by atoms with van der Waals surface area (Å²) in [6, 6.07) is 15.2. The van der Waals surface area contributed by atoms with Crippen LogP contribution in [0.1, 0.15) is 15.9 Å². The predicted molar refractivity (Wildman–Crippen MR) is 86.3 cm³/mol. The summed E-state index contributed by atoms with van der Waals surface area (Å²) in [5.74, 6) is -0.195. The van der Waals surface area contributed by atoms with E-state index >= 15 is 0 Å². The highest BCUT2D eigenvalue weighted by Crippen LogP contribution is 2.19. The fraction of sp³-hybridized carbons (Fsp3) is 0.176. The lowest BCUT2D eigenvalue weighted by molar-refractivity contribution is 0.0697. The van der Waals surface area contributed by atoms with Gasteiger partial charge in [-0.2, -0.15) is 0 Å². The zero-order chi connectivity index (χ0) is 15.5. The van der Waals surface area contributed by atoms with Crippen LogP contribution >= 0.6 is 0 Å². The summed E-state index contributed by atoms with van der Waals surface area (Å²) in [5, 5.41) is 12.3. The molecule has 1 heterocycles. The number of aromatic carboxylic acids is 1. The van der Waals surface area contributed by atoms with Gasteiger partial charge in [0.15, 0.2) is 0 Å². The maximum absolute atomic E-state index is 11.0. The van der Waals surface area contributed by atoms with Gasteiger partial charge in [-0.15, -0.1) is 0 Å². The lowest BCUT2D eigenvalue weighted by Crippen LogP contribution is -2.08. The van der Waals surface area contributed by atoms with Gasteiger partial charge in [-0.3, -0.25) is 0 Å². The highest BCUT2D eigenvalue weighted by atomic mass is 16.4. The van der Waals surface area contributed by atoms with E-state index < -0.39 is 5.97 Å². The molecule has 5 heteroatoms. The molecular formula is C17H17N3O2. The molecule has 0 amide bonds. The third-order valence-corrected chi connectivity index (χ3v) is 3.67. The van der Waals surface area contributed by atoms with Crippen LogP contribution in [0.4, 0.5) is 5.95 Å². The van der Waals surface area contributed by atoms with Gasteiger partial charge in [-0.05, 0) is 30.2 Å². The normalized spacial score (nSPS) is 10.8. The quantitative estimate of drug-likeness (QED) is 0.759. The number of fused-ring (bicyclic) bond motifs is 1. The molecule has 0 bridgehead atoms.